The molecule has 138 valence electrons. The number of hydrogen-bond donors (Lipinski definition) is 1. The van der Waals surface area contributed by atoms with Crippen molar-refractivity contribution in [2.45, 2.75) is 13.8 Å². The molecule has 1 aliphatic rings. The van der Waals surface area contributed by atoms with Crippen LogP contribution in [0.3, 0.4) is 0 Å². The number of nitrogens with one attached hydrogen (secondary N) is 1. The van der Waals surface area contributed by atoms with E-state index in [1.165, 1.54) is 35.3 Å². The van der Waals surface area contributed by atoms with Gasteiger partial charge in [0.25, 0.3) is 0 Å². The summed E-state index contributed by atoms with van der Waals surface area (Å²) >= 11 is 1.32. The van der Waals surface area contributed by atoms with E-state index >= 15 is 0 Å². The number of esters is 1. The van der Waals surface area contributed by atoms with Crippen molar-refractivity contribution in [1.29, 1.82) is 0 Å². The second-order valence-corrected chi connectivity index (χ2v) is 7.19. The average Bonchev–Trinajstić information content (AvgIpc) is 3.11. The molecule has 6 nitrogen and oxygen atoms in total. The third-order valence-corrected chi connectivity index (χ3v) is 5.60. The van der Waals surface area contributed by atoms with Gasteiger partial charge >= 0.3 is 12.0 Å². The van der Waals surface area contributed by atoms with Crippen molar-refractivity contribution in [2.75, 3.05) is 43.5 Å². The predicted molar refractivity (Wildman–Crippen MR) is 104 cm³/mol. The summed E-state index contributed by atoms with van der Waals surface area (Å²) in [5.41, 5.74) is 4.18. The number of benzene rings is 1. The van der Waals surface area contributed by atoms with Crippen molar-refractivity contribution >= 4 is 34.0 Å². The number of rotatable bonds is 3. The molecule has 0 atom stereocenters. The Labute approximate surface area is 157 Å². The molecule has 2 aromatic rings. The number of anilines is 2. The zero-order valence-corrected chi connectivity index (χ0v) is 16.1. The molecule has 0 radical (unpaired) electrons. The summed E-state index contributed by atoms with van der Waals surface area (Å²) in [4.78, 5) is 28.4. The van der Waals surface area contributed by atoms with Gasteiger partial charge in [-0.1, -0.05) is 12.1 Å². The van der Waals surface area contributed by atoms with Crippen LogP contribution in [0.1, 0.15) is 21.5 Å². The van der Waals surface area contributed by atoms with E-state index < -0.39 is 5.97 Å². The molecular formula is C19H23N3O3S. The number of aryl methyl sites for hydroxylation is 1. The van der Waals surface area contributed by atoms with Crippen molar-refractivity contribution in [3.63, 3.8) is 0 Å². The van der Waals surface area contributed by atoms with Crippen LogP contribution in [-0.4, -0.2) is 50.2 Å². The SMILES string of the molecule is COC(=O)c1ccsc1NC(=O)N1CCN(c2cccc(C)c2C)CC1. The topological polar surface area (TPSA) is 61.9 Å². The maximum Gasteiger partial charge on any atom is 0.340 e. The van der Waals surface area contributed by atoms with E-state index in [1.54, 1.807) is 16.3 Å². The molecule has 1 aromatic carbocycles. The summed E-state index contributed by atoms with van der Waals surface area (Å²) in [6, 6.07) is 7.79. The molecule has 3 rings (SSSR count). The second-order valence-electron chi connectivity index (χ2n) is 6.28. The molecule has 1 N–H and O–H groups in total. The fraction of sp³-hybridized carbons (Fsp3) is 0.368. The van der Waals surface area contributed by atoms with E-state index in [1.807, 2.05) is 0 Å². The number of thiophene rings is 1. The molecule has 0 spiro atoms. The van der Waals surface area contributed by atoms with Gasteiger partial charge in [-0.15, -0.1) is 11.3 Å². The highest BCUT2D eigenvalue weighted by Crippen LogP contribution is 2.26. The first-order valence-electron chi connectivity index (χ1n) is 8.54. The number of ether oxygens (including phenoxy) is 1. The van der Waals surface area contributed by atoms with Gasteiger partial charge in [-0.05, 0) is 42.5 Å². The standard InChI is InChI=1S/C19H23N3O3S/c1-13-5-4-6-16(14(13)2)21-8-10-22(11-9-21)19(24)20-17-15(7-12-26-17)18(23)25-3/h4-7,12H,8-11H2,1-3H3,(H,20,24). The third kappa shape index (κ3) is 3.67. The number of nitrogens with zero attached hydrogens (tertiary/aromatic N) is 2. The Morgan fingerprint density at radius 1 is 1.12 bits per heavy atom. The van der Waals surface area contributed by atoms with E-state index in [-0.39, 0.29) is 6.03 Å². The van der Waals surface area contributed by atoms with E-state index in [4.69, 9.17) is 4.74 Å². The molecule has 2 amide bonds. The number of carbonyl (C=O) groups is 2. The monoisotopic (exact) mass is 373 g/mol. The highest BCUT2D eigenvalue weighted by Gasteiger charge is 2.24. The number of amides is 2. The molecule has 0 unspecified atom stereocenters. The lowest BCUT2D eigenvalue weighted by Gasteiger charge is -2.37. The minimum absolute atomic E-state index is 0.182. The van der Waals surface area contributed by atoms with Crippen LogP contribution in [0.2, 0.25) is 0 Å². The van der Waals surface area contributed by atoms with E-state index in [0.717, 1.165) is 13.1 Å². The summed E-state index contributed by atoms with van der Waals surface area (Å²) in [6.07, 6.45) is 0. The molecular weight excluding hydrogens is 350 g/mol. The number of hydrogen-bond acceptors (Lipinski definition) is 5. The fourth-order valence-corrected chi connectivity index (χ4v) is 3.85. The van der Waals surface area contributed by atoms with E-state index in [0.29, 0.717) is 23.7 Å². The summed E-state index contributed by atoms with van der Waals surface area (Å²) in [7, 11) is 1.33. The Balaban J connectivity index is 1.61. The molecule has 1 fully saturated rings. The number of piperazine rings is 1. The first-order chi connectivity index (χ1) is 12.5. The van der Waals surface area contributed by atoms with Gasteiger partial charge in [0.2, 0.25) is 0 Å². The molecule has 26 heavy (non-hydrogen) atoms. The molecule has 0 bridgehead atoms. The Morgan fingerprint density at radius 3 is 2.54 bits per heavy atom. The van der Waals surface area contributed by atoms with Crippen LogP contribution in [0.5, 0.6) is 0 Å². The molecule has 1 saturated heterocycles. The highest BCUT2D eigenvalue weighted by molar-refractivity contribution is 7.14. The maximum absolute atomic E-state index is 12.5. The zero-order valence-electron chi connectivity index (χ0n) is 15.2. The van der Waals surface area contributed by atoms with Crippen LogP contribution in [0.25, 0.3) is 0 Å². The maximum atomic E-state index is 12.5. The molecule has 0 saturated carbocycles. The highest BCUT2D eigenvalue weighted by atomic mass is 32.1. The zero-order chi connectivity index (χ0) is 18.7. The quantitative estimate of drug-likeness (QED) is 0.837. The van der Waals surface area contributed by atoms with Crippen molar-refractivity contribution < 1.29 is 14.3 Å². The summed E-state index contributed by atoms with van der Waals surface area (Å²) < 4.78 is 4.74. The summed E-state index contributed by atoms with van der Waals surface area (Å²) in [5.74, 6) is -0.443. The van der Waals surface area contributed by atoms with Gasteiger partial charge in [-0.25, -0.2) is 9.59 Å². The van der Waals surface area contributed by atoms with Gasteiger partial charge in [0.15, 0.2) is 0 Å². The Morgan fingerprint density at radius 2 is 1.85 bits per heavy atom. The van der Waals surface area contributed by atoms with Gasteiger partial charge in [0.1, 0.15) is 5.00 Å². The van der Waals surface area contributed by atoms with Gasteiger partial charge in [0.05, 0.1) is 12.7 Å². The van der Waals surface area contributed by atoms with Crippen LogP contribution in [0.4, 0.5) is 15.5 Å². The summed E-state index contributed by atoms with van der Waals surface area (Å²) in [5, 5.41) is 5.13. The molecule has 7 heteroatoms. The van der Waals surface area contributed by atoms with Crippen molar-refractivity contribution in [3.05, 3.63) is 46.3 Å². The first-order valence-corrected chi connectivity index (χ1v) is 9.42. The lowest BCUT2D eigenvalue weighted by Crippen LogP contribution is -2.50. The predicted octanol–water partition coefficient (Wildman–Crippen LogP) is 3.51. The van der Waals surface area contributed by atoms with Crippen LogP contribution < -0.4 is 10.2 Å². The van der Waals surface area contributed by atoms with E-state index in [2.05, 4.69) is 42.3 Å². The Kier molecular flexibility index (Phi) is 5.46. The van der Waals surface area contributed by atoms with Gasteiger partial charge in [-0.2, -0.15) is 0 Å². The van der Waals surface area contributed by atoms with Crippen LogP contribution in [0.15, 0.2) is 29.6 Å². The molecule has 1 aromatic heterocycles. The average molecular weight is 373 g/mol. The van der Waals surface area contributed by atoms with Gasteiger partial charge < -0.3 is 14.5 Å². The lowest BCUT2D eigenvalue weighted by molar-refractivity contribution is 0.0602. The van der Waals surface area contributed by atoms with Gasteiger partial charge in [0, 0.05) is 31.9 Å². The fourth-order valence-electron chi connectivity index (χ4n) is 3.08. The normalized spacial score (nSPS) is 14.3. The number of carbonyl (C=O) groups excluding carboxylic acids is 2. The Hall–Kier alpha value is -2.54. The number of methoxy groups -OCH3 is 1. The van der Waals surface area contributed by atoms with E-state index in [9.17, 15) is 9.59 Å². The van der Waals surface area contributed by atoms with Crippen LogP contribution in [-0.2, 0) is 4.74 Å². The molecule has 1 aliphatic heterocycles. The Bertz CT molecular complexity index is 810. The molecule has 0 aliphatic carbocycles. The smallest absolute Gasteiger partial charge is 0.340 e. The summed E-state index contributed by atoms with van der Waals surface area (Å²) in [6.45, 7) is 7.09. The largest absolute Gasteiger partial charge is 0.465 e. The third-order valence-electron chi connectivity index (χ3n) is 4.77. The second kappa shape index (κ2) is 7.78. The minimum Gasteiger partial charge on any atom is -0.465 e. The van der Waals surface area contributed by atoms with Crippen LogP contribution >= 0.6 is 11.3 Å². The van der Waals surface area contributed by atoms with Crippen LogP contribution in [0, 0.1) is 13.8 Å². The lowest BCUT2D eigenvalue weighted by atomic mass is 10.1. The minimum atomic E-state index is -0.443. The first kappa shape index (κ1) is 18.3. The van der Waals surface area contributed by atoms with Gasteiger partial charge in [-0.3, -0.25) is 5.32 Å². The number of urea groups is 1. The van der Waals surface area contributed by atoms with Crippen molar-refractivity contribution in [2.24, 2.45) is 0 Å². The van der Waals surface area contributed by atoms with Crippen molar-refractivity contribution in [3.8, 4) is 0 Å². The molecule has 2 heterocycles. The van der Waals surface area contributed by atoms with Crippen molar-refractivity contribution in [1.82, 2.24) is 4.90 Å².